The third-order valence-electron chi connectivity index (χ3n) is 10.0. The Morgan fingerprint density at radius 2 is 1.63 bits per heavy atom. The van der Waals surface area contributed by atoms with Crippen molar-refractivity contribution >= 4 is 53.2 Å². The zero-order chi connectivity index (χ0) is 36.4. The number of esters is 1. The van der Waals surface area contributed by atoms with Crippen molar-refractivity contribution in [1.82, 2.24) is 19.7 Å². The second kappa shape index (κ2) is 16.3. The Labute approximate surface area is 305 Å². The van der Waals surface area contributed by atoms with E-state index >= 15 is 0 Å². The van der Waals surface area contributed by atoms with Gasteiger partial charge in [0, 0.05) is 25.2 Å². The van der Waals surface area contributed by atoms with Gasteiger partial charge in [-0.25, -0.2) is 14.8 Å². The van der Waals surface area contributed by atoms with E-state index in [-0.39, 0.29) is 84.5 Å². The standard InChI is InChI=1S/C21H17N7O6.C13H23NO2.CH4.ClH/c22-13-14(17(30)16(13)29)24-6-9-2-1-3-10(4-9)7-25-20(32)11-5-12(21(33)34)28-8-26-15(18(23)31)19(28)27-11;1-3-16-11(15)13-7-4-12(5-8-13,6-9-13)10(2)14;;/h1-5,8,24H,6-7,22H2,(H2,23,31)(H,25,32)(H,33,34);10H,3-9,14H2,1-2H3;1H4;1H. The van der Waals surface area contributed by atoms with Crippen molar-refractivity contribution < 1.29 is 29.0 Å². The number of nitrogens with one attached hydrogen (secondary N) is 2. The molecular weight excluding hydrogens is 696 g/mol. The molecule has 3 aliphatic carbocycles. The number of carbonyl (C=O) groups is 4. The van der Waals surface area contributed by atoms with Crippen LogP contribution in [0.5, 0.6) is 0 Å². The summed E-state index contributed by atoms with van der Waals surface area (Å²) in [7, 11) is 0. The molecule has 2 bridgehead atoms. The molecule has 1 atom stereocenters. The van der Waals surface area contributed by atoms with Crippen molar-refractivity contribution in [2.75, 3.05) is 17.7 Å². The lowest BCUT2D eigenvalue weighted by Crippen LogP contribution is -2.52. The molecule has 0 aliphatic heterocycles. The Kier molecular flexibility index (Phi) is 12.9. The highest BCUT2D eigenvalue weighted by atomic mass is 35.5. The third kappa shape index (κ3) is 7.92. The first-order valence-electron chi connectivity index (χ1n) is 16.2. The molecule has 3 fully saturated rings. The van der Waals surface area contributed by atoms with Crippen LogP contribution in [-0.2, 0) is 22.6 Å². The van der Waals surface area contributed by atoms with Crippen LogP contribution in [0.3, 0.4) is 0 Å². The van der Waals surface area contributed by atoms with Gasteiger partial charge in [0.05, 0.1) is 12.0 Å². The fourth-order valence-corrected chi connectivity index (χ4v) is 6.81. The van der Waals surface area contributed by atoms with E-state index in [0.29, 0.717) is 17.6 Å². The molecule has 0 spiro atoms. The van der Waals surface area contributed by atoms with Gasteiger partial charge in [-0.3, -0.25) is 28.4 Å². The van der Waals surface area contributed by atoms with Gasteiger partial charge in [-0.05, 0) is 68.9 Å². The summed E-state index contributed by atoms with van der Waals surface area (Å²) in [6.07, 6.45) is 7.33. The molecule has 2 amide bonds. The maximum absolute atomic E-state index is 12.7. The lowest BCUT2D eigenvalue weighted by atomic mass is 9.52. The first-order chi connectivity index (χ1) is 23.7. The number of primary amides is 1. The monoisotopic (exact) mass is 740 g/mol. The molecule has 2 aromatic carbocycles. The number of aromatic nitrogens is 3. The van der Waals surface area contributed by atoms with Crippen molar-refractivity contribution in [3.05, 3.63) is 85.3 Å². The van der Waals surface area contributed by atoms with Crippen LogP contribution >= 0.6 is 12.4 Å². The Morgan fingerprint density at radius 1 is 1.02 bits per heavy atom. The summed E-state index contributed by atoms with van der Waals surface area (Å²) in [5.74, 6) is -2.91. The summed E-state index contributed by atoms with van der Waals surface area (Å²) >= 11 is 0. The number of hydrogen-bond acceptors (Lipinski definition) is 12. The zero-order valence-corrected chi connectivity index (χ0v) is 29.0. The zero-order valence-electron chi connectivity index (χ0n) is 28.2. The van der Waals surface area contributed by atoms with Crippen LogP contribution in [0.15, 0.2) is 46.2 Å². The number of hydrogen-bond donors (Lipinski definition) is 6. The molecule has 7 rings (SSSR count). The topological polar surface area (TPSA) is 264 Å². The Morgan fingerprint density at radius 3 is 2.17 bits per heavy atom. The van der Waals surface area contributed by atoms with E-state index in [4.69, 9.17) is 21.9 Å². The van der Waals surface area contributed by atoms with Crippen LogP contribution < -0.4 is 38.7 Å². The number of rotatable bonds is 11. The first-order valence-corrected chi connectivity index (χ1v) is 16.2. The number of benzene rings is 1. The lowest BCUT2D eigenvalue weighted by molar-refractivity contribution is -0.166. The van der Waals surface area contributed by atoms with Gasteiger partial charge in [0.2, 0.25) is 0 Å². The summed E-state index contributed by atoms with van der Waals surface area (Å²) in [4.78, 5) is 78.3. The van der Waals surface area contributed by atoms with Gasteiger partial charge in [0.1, 0.15) is 29.1 Å². The molecule has 3 saturated carbocycles. The largest absolute Gasteiger partial charge is 0.477 e. The maximum Gasteiger partial charge on any atom is 0.353 e. The molecule has 4 aromatic rings. The molecule has 2 heterocycles. The van der Waals surface area contributed by atoms with E-state index in [2.05, 4.69) is 27.5 Å². The second-order valence-electron chi connectivity index (χ2n) is 12.9. The lowest BCUT2D eigenvalue weighted by Gasteiger charge is -2.53. The third-order valence-corrected chi connectivity index (χ3v) is 10.0. The van der Waals surface area contributed by atoms with Crippen LogP contribution in [-0.4, -0.2) is 55.9 Å². The average molecular weight is 741 g/mol. The van der Waals surface area contributed by atoms with E-state index in [1.165, 1.54) is 0 Å². The average Bonchev–Trinajstić information content (AvgIpc) is 3.56. The quantitative estimate of drug-likeness (QED) is 0.0955. The van der Waals surface area contributed by atoms with E-state index in [1.807, 2.05) is 6.92 Å². The molecular formula is C35H45ClN8O8. The predicted octanol–water partition coefficient (Wildman–Crippen LogP) is 2.54. The smallest absolute Gasteiger partial charge is 0.353 e. The minimum absolute atomic E-state index is 0. The molecule has 9 N–H and O–H groups in total. The van der Waals surface area contributed by atoms with Crippen LogP contribution in [0.25, 0.3) is 5.65 Å². The number of fused-ring (bicyclic) bond motifs is 4. The number of amides is 2. The number of imidazole rings is 1. The first kappa shape index (κ1) is 41.1. The molecule has 0 saturated heterocycles. The van der Waals surface area contributed by atoms with Gasteiger partial charge < -0.3 is 37.7 Å². The maximum atomic E-state index is 12.7. The van der Waals surface area contributed by atoms with Gasteiger partial charge in [-0.1, -0.05) is 31.7 Å². The highest BCUT2D eigenvalue weighted by Gasteiger charge is 2.54. The fourth-order valence-electron chi connectivity index (χ4n) is 6.81. The highest BCUT2D eigenvalue weighted by Crippen LogP contribution is 2.58. The van der Waals surface area contributed by atoms with Crippen LogP contribution in [0.2, 0.25) is 0 Å². The van der Waals surface area contributed by atoms with Gasteiger partial charge in [0.15, 0.2) is 11.3 Å². The molecule has 17 heteroatoms. The Bertz CT molecular complexity index is 2030. The van der Waals surface area contributed by atoms with Crippen molar-refractivity contribution in [3.63, 3.8) is 0 Å². The highest BCUT2D eigenvalue weighted by molar-refractivity contribution is 6.00. The van der Waals surface area contributed by atoms with E-state index in [0.717, 1.165) is 60.9 Å². The van der Waals surface area contributed by atoms with Gasteiger partial charge >= 0.3 is 11.9 Å². The van der Waals surface area contributed by atoms with Crippen LogP contribution in [0.4, 0.5) is 11.4 Å². The summed E-state index contributed by atoms with van der Waals surface area (Å²) in [5, 5.41) is 14.9. The molecule has 280 valence electrons. The van der Waals surface area contributed by atoms with E-state index in [9.17, 15) is 33.9 Å². The Balaban J connectivity index is 0.000000341. The predicted molar refractivity (Wildman–Crippen MR) is 196 cm³/mol. The number of nitrogens with two attached hydrogens (primary N) is 3. The minimum Gasteiger partial charge on any atom is -0.477 e. The fraction of sp³-hybridized carbons (Fsp3) is 0.429. The van der Waals surface area contributed by atoms with E-state index in [1.54, 1.807) is 24.3 Å². The molecule has 52 heavy (non-hydrogen) atoms. The molecule has 0 radical (unpaired) electrons. The minimum atomic E-state index is -1.35. The molecule has 2 aromatic heterocycles. The van der Waals surface area contributed by atoms with E-state index < -0.39 is 28.6 Å². The number of anilines is 2. The van der Waals surface area contributed by atoms with Gasteiger partial charge in [0.25, 0.3) is 22.7 Å². The van der Waals surface area contributed by atoms with Crippen molar-refractivity contribution in [2.24, 2.45) is 22.3 Å². The number of ether oxygens (including phenoxy) is 1. The number of carboxylic acid groups (broad SMARTS) is 1. The van der Waals surface area contributed by atoms with Crippen LogP contribution in [0, 0.1) is 10.8 Å². The second-order valence-corrected chi connectivity index (χ2v) is 12.9. The van der Waals surface area contributed by atoms with Gasteiger partial charge in [-0.2, -0.15) is 0 Å². The number of halogens is 1. The molecule has 1 unspecified atom stereocenters. The molecule has 16 nitrogen and oxygen atoms in total. The van der Waals surface area contributed by atoms with Crippen LogP contribution in [0.1, 0.15) is 102 Å². The normalized spacial score (nSPS) is 19.3. The van der Waals surface area contributed by atoms with Crippen molar-refractivity contribution in [1.29, 1.82) is 0 Å². The SMILES string of the molecule is C.CCOC(=O)C12CCC(C(C)N)(CC1)CC2.Cl.NC(=O)c1ncn2c(C(=O)O)cc(C(=O)NCc3cccc(CNc4c(N)c(=O)c4=O)c3)nc12. The molecule has 3 aliphatic rings. The Hall–Kier alpha value is -5.35. The number of nitrogens with zero attached hydrogens (tertiary/aromatic N) is 3. The summed E-state index contributed by atoms with van der Waals surface area (Å²) in [6, 6.07) is 8.34. The summed E-state index contributed by atoms with van der Waals surface area (Å²) < 4.78 is 6.28. The van der Waals surface area contributed by atoms with Crippen molar-refractivity contribution in [2.45, 2.75) is 78.9 Å². The van der Waals surface area contributed by atoms with Gasteiger partial charge in [-0.15, -0.1) is 12.4 Å². The number of aromatic carboxylic acids is 1. The number of carboxylic acids is 1. The summed E-state index contributed by atoms with van der Waals surface area (Å²) in [6.45, 7) is 4.80. The summed E-state index contributed by atoms with van der Waals surface area (Å²) in [5.41, 5.74) is 16.1. The van der Waals surface area contributed by atoms with Crippen molar-refractivity contribution in [3.8, 4) is 0 Å². The number of carbonyl (C=O) groups excluding carboxylic acids is 3. The number of nitrogen functional groups attached to an aromatic ring is 1.